The zero-order valence-electron chi connectivity index (χ0n) is 14.9. The number of ether oxygens (including phenoxy) is 2. The average molecular weight is 314 g/mol. The third-order valence-corrected chi connectivity index (χ3v) is 3.96. The van der Waals surface area contributed by atoms with Crippen molar-refractivity contribution in [2.24, 2.45) is 0 Å². The Kier molecular flexibility index (Phi) is 8.18. The standard InChI is InChI=1S/C17H34N2O3/c1-6-13(2)18-11-12-21-15-9-7-14(8-10-15)19-16(20)22-17(3,4)5/h13-15,18H,6-12H2,1-5H3,(H,19,20). The number of hydrogen-bond acceptors (Lipinski definition) is 4. The van der Waals surface area contributed by atoms with Gasteiger partial charge in [-0.1, -0.05) is 6.92 Å². The molecule has 1 atom stereocenters. The van der Waals surface area contributed by atoms with Crippen molar-refractivity contribution >= 4 is 6.09 Å². The van der Waals surface area contributed by atoms with Crippen LogP contribution in [0.1, 0.15) is 66.7 Å². The zero-order valence-corrected chi connectivity index (χ0v) is 14.9. The SMILES string of the molecule is CCC(C)NCCOC1CCC(NC(=O)OC(C)(C)C)CC1. The molecule has 130 valence electrons. The maximum absolute atomic E-state index is 11.7. The summed E-state index contributed by atoms with van der Waals surface area (Å²) < 4.78 is 11.2. The maximum Gasteiger partial charge on any atom is 0.407 e. The van der Waals surface area contributed by atoms with Crippen molar-refractivity contribution in [2.75, 3.05) is 13.2 Å². The summed E-state index contributed by atoms with van der Waals surface area (Å²) in [4.78, 5) is 11.7. The number of nitrogens with one attached hydrogen (secondary N) is 2. The van der Waals surface area contributed by atoms with E-state index >= 15 is 0 Å². The van der Waals surface area contributed by atoms with Crippen LogP contribution in [-0.2, 0) is 9.47 Å². The van der Waals surface area contributed by atoms with Gasteiger partial charge in [-0.15, -0.1) is 0 Å². The van der Waals surface area contributed by atoms with Crippen LogP contribution in [0, 0.1) is 0 Å². The molecular formula is C17H34N2O3. The molecule has 0 aliphatic heterocycles. The van der Waals surface area contributed by atoms with E-state index < -0.39 is 5.60 Å². The van der Waals surface area contributed by atoms with Gasteiger partial charge in [-0.3, -0.25) is 0 Å². The van der Waals surface area contributed by atoms with Crippen LogP contribution in [0.5, 0.6) is 0 Å². The van der Waals surface area contributed by atoms with Crippen molar-refractivity contribution in [2.45, 2.75) is 90.5 Å². The minimum atomic E-state index is -0.437. The number of hydrogen-bond donors (Lipinski definition) is 2. The molecule has 0 aromatic carbocycles. The lowest BCUT2D eigenvalue weighted by Gasteiger charge is -2.30. The van der Waals surface area contributed by atoms with E-state index in [1.54, 1.807) is 0 Å². The average Bonchev–Trinajstić information content (AvgIpc) is 2.43. The Labute approximate surface area is 135 Å². The zero-order chi connectivity index (χ0) is 16.6. The summed E-state index contributed by atoms with van der Waals surface area (Å²) >= 11 is 0. The first-order valence-corrected chi connectivity index (χ1v) is 8.64. The van der Waals surface area contributed by atoms with Crippen molar-refractivity contribution in [3.8, 4) is 0 Å². The predicted molar refractivity (Wildman–Crippen MR) is 89.1 cm³/mol. The van der Waals surface area contributed by atoms with Crippen LogP contribution in [0.15, 0.2) is 0 Å². The summed E-state index contributed by atoms with van der Waals surface area (Å²) in [6.07, 6.45) is 5.09. The predicted octanol–water partition coefficient (Wildman–Crippen LogP) is 3.23. The Bertz CT molecular complexity index is 320. The first-order chi connectivity index (χ1) is 10.3. The van der Waals surface area contributed by atoms with Gasteiger partial charge in [0.1, 0.15) is 5.60 Å². The largest absolute Gasteiger partial charge is 0.444 e. The minimum Gasteiger partial charge on any atom is -0.444 e. The molecule has 1 amide bonds. The molecule has 1 saturated carbocycles. The van der Waals surface area contributed by atoms with E-state index in [2.05, 4.69) is 24.5 Å². The van der Waals surface area contributed by atoms with E-state index in [-0.39, 0.29) is 12.1 Å². The summed E-state index contributed by atoms with van der Waals surface area (Å²) in [5.41, 5.74) is -0.437. The van der Waals surface area contributed by atoms with Gasteiger partial charge in [-0.05, 0) is 59.8 Å². The molecule has 1 aliphatic rings. The van der Waals surface area contributed by atoms with Crippen molar-refractivity contribution < 1.29 is 14.3 Å². The van der Waals surface area contributed by atoms with Gasteiger partial charge in [0.15, 0.2) is 0 Å². The summed E-state index contributed by atoms with van der Waals surface area (Å²) in [6, 6.07) is 0.769. The molecule has 0 spiro atoms. The van der Waals surface area contributed by atoms with Crippen LogP contribution in [-0.4, -0.2) is 43.0 Å². The molecule has 0 saturated heterocycles. The number of amides is 1. The molecular weight excluding hydrogens is 280 g/mol. The van der Waals surface area contributed by atoms with E-state index in [0.717, 1.165) is 45.3 Å². The van der Waals surface area contributed by atoms with Gasteiger partial charge in [0.2, 0.25) is 0 Å². The molecule has 0 radical (unpaired) electrons. The minimum absolute atomic E-state index is 0.216. The van der Waals surface area contributed by atoms with Crippen LogP contribution in [0.4, 0.5) is 4.79 Å². The van der Waals surface area contributed by atoms with Gasteiger partial charge in [0.25, 0.3) is 0 Å². The molecule has 5 nitrogen and oxygen atoms in total. The van der Waals surface area contributed by atoms with Crippen LogP contribution < -0.4 is 10.6 Å². The summed E-state index contributed by atoms with van der Waals surface area (Å²) in [5.74, 6) is 0. The topological polar surface area (TPSA) is 59.6 Å². The Balaban J connectivity index is 2.12. The number of carbonyl (C=O) groups excluding carboxylic acids is 1. The lowest BCUT2D eigenvalue weighted by Crippen LogP contribution is -2.42. The summed E-state index contributed by atoms with van der Waals surface area (Å²) in [6.45, 7) is 11.7. The summed E-state index contributed by atoms with van der Waals surface area (Å²) in [7, 11) is 0. The van der Waals surface area contributed by atoms with Crippen molar-refractivity contribution in [3.63, 3.8) is 0 Å². The fourth-order valence-electron chi connectivity index (χ4n) is 2.52. The molecule has 2 N–H and O–H groups in total. The Morgan fingerprint density at radius 2 is 1.86 bits per heavy atom. The molecule has 5 heteroatoms. The van der Waals surface area contributed by atoms with Gasteiger partial charge in [0.05, 0.1) is 12.7 Å². The quantitative estimate of drug-likeness (QED) is 0.708. The van der Waals surface area contributed by atoms with Crippen molar-refractivity contribution in [3.05, 3.63) is 0 Å². The fraction of sp³-hybridized carbons (Fsp3) is 0.941. The molecule has 0 heterocycles. The summed E-state index contributed by atoms with van der Waals surface area (Å²) in [5, 5.41) is 6.39. The molecule has 0 aromatic heterocycles. The molecule has 1 aliphatic carbocycles. The van der Waals surface area contributed by atoms with Gasteiger partial charge in [0, 0.05) is 18.6 Å². The molecule has 1 unspecified atom stereocenters. The Morgan fingerprint density at radius 1 is 1.23 bits per heavy atom. The van der Waals surface area contributed by atoms with E-state index in [1.165, 1.54) is 0 Å². The Hall–Kier alpha value is -0.810. The van der Waals surface area contributed by atoms with Gasteiger partial charge in [-0.25, -0.2) is 4.79 Å². The molecule has 1 fully saturated rings. The van der Waals surface area contributed by atoms with E-state index in [0.29, 0.717) is 12.1 Å². The first kappa shape index (κ1) is 19.2. The van der Waals surface area contributed by atoms with E-state index in [9.17, 15) is 4.79 Å². The van der Waals surface area contributed by atoms with E-state index in [1.807, 2.05) is 20.8 Å². The normalized spacial score (nSPS) is 23.9. The van der Waals surface area contributed by atoms with Gasteiger partial charge < -0.3 is 20.1 Å². The third kappa shape index (κ3) is 8.59. The second kappa shape index (κ2) is 9.36. The fourth-order valence-corrected chi connectivity index (χ4v) is 2.52. The van der Waals surface area contributed by atoms with Crippen LogP contribution in [0.25, 0.3) is 0 Å². The first-order valence-electron chi connectivity index (χ1n) is 8.64. The lowest BCUT2D eigenvalue weighted by molar-refractivity contribution is 0.0188. The molecule has 0 aromatic rings. The highest BCUT2D eigenvalue weighted by Gasteiger charge is 2.24. The van der Waals surface area contributed by atoms with Gasteiger partial charge in [-0.2, -0.15) is 0 Å². The lowest BCUT2D eigenvalue weighted by atomic mass is 9.93. The Morgan fingerprint density at radius 3 is 2.41 bits per heavy atom. The second-order valence-corrected chi connectivity index (χ2v) is 7.25. The third-order valence-electron chi connectivity index (χ3n) is 3.96. The smallest absolute Gasteiger partial charge is 0.407 e. The van der Waals surface area contributed by atoms with Crippen LogP contribution in [0.3, 0.4) is 0 Å². The second-order valence-electron chi connectivity index (χ2n) is 7.25. The van der Waals surface area contributed by atoms with E-state index in [4.69, 9.17) is 9.47 Å². The molecule has 22 heavy (non-hydrogen) atoms. The number of carbonyl (C=O) groups is 1. The maximum atomic E-state index is 11.7. The highest BCUT2D eigenvalue weighted by Crippen LogP contribution is 2.21. The molecule has 0 bridgehead atoms. The highest BCUT2D eigenvalue weighted by atomic mass is 16.6. The van der Waals surface area contributed by atoms with Crippen LogP contribution >= 0.6 is 0 Å². The number of rotatable bonds is 7. The van der Waals surface area contributed by atoms with Crippen LogP contribution in [0.2, 0.25) is 0 Å². The highest BCUT2D eigenvalue weighted by molar-refractivity contribution is 5.68. The molecule has 1 rings (SSSR count). The number of alkyl carbamates (subject to hydrolysis) is 1. The van der Waals surface area contributed by atoms with Gasteiger partial charge >= 0.3 is 6.09 Å². The monoisotopic (exact) mass is 314 g/mol. The van der Waals surface area contributed by atoms with Crippen molar-refractivity contribution in [1.82, 2.24) is 10.6 Å². The van der Waals surface area contributed by atoms with Crippen molar-refractivity contribution in [1.29, 1.82) is 0 Å².